The van der Waals surface area contributed by atoms with Crippen LogP contribution in [0.4, 0.5) is 0 Å². The zero-order valence-electron chi connectivity index (χ0n) is 21.6. The van der Waals surface area contributed by atoms with Crippen LogP contribution in [0, 0.1) is 27.7 Å². The molecule has 0 heterocycles. The summed E-state index contributed by atoms with van der Waals surface area (Å²) in [4.78, 5) is 0. The van der Waals surface area contributed by atoms with Crippen molar-refractivity contribution in [1.29, 1.82) is 0 Å². The van der Waals surface area contributed by atoms with E-state index in [0.717, 1.165) is 0 Å². The standard InChI is InChI=1S/C11H16.2C10H14/c1-8(2)11-6-5-9(3)10(4)7-11;1-8(2)10-6-4-5-9(3)7-10;1-8(2)10-7-5-4-6-9(10)3/h5-8H,1-4H3;2*4-8H,1-3H3. The Hall–Kier alpha value is -2.34. The molecule has 0 amide bonds. The lowest BCUT2D eigenvalue weighted by Crippen LogP contribution is -1.89. The van der Waals surface area contributed by atoms with Crippen LogP contribution >= 0.6 is 0 Å². The molecule has 0 atom stereocenters. The summed E-state index contributed by atoms with van der Waals surface area (Å²) in [6.07, 6.45) is 0. The van der Waals surface area contributed by atoms with Crippen LogP contribution in [-0.4, -0.2) is 0 Å². The van der Waals surface area contributed by atoms with E-state index in [0.29, 0.717) is 17.8 Å². The van der Waals surface area contributed by atoms with E-state index < -0.39 is 0 Å². The summed E-state index contributed by atoms with van der Waals surface area (Å²) >= 11 is 0. The van der Waals surface area contributed by atoms with Crippen LogP contribution in [0.3, 0.4) is 0 Å². The maximum atomic E-state index is 2.28. The van der Waals surface area contributed by atoms with Gasteiger partial charge < -0.3 is 0 Å². The summed E-state index contributed by atoms with van der Waals surface area (Å²) in [5, 5.41) is 0. The fourth-order valence-corrected chi connectivity index (χ4v) is 3.39. The maximum absolute atomic E-state index is 2.28. The number of hydrogen-bond donors (Lipinski definition) is 0. The van der Waals surface area contributed by atoms with Crippen LogP contribution in [0.2, 0.25) is 0 Å². The molecule has 3 aromatic carbocycles. The zero-order valence-corrected chi connectivity index (χ0v) is 21.6. The highest BCUT2D eigenvalue weighted by Gasteiger charge is 2.00. The van der Waals surface area contributed by atoms with E-state index >= 15 is 0 Å². The van der Waals surface area contributed by atoms with Crippen LogP contribution in [0.5, 0.6) is 0 Å². The maximum Gasteiger partial charge on any atom is -0.0216 e. The number of hydrogen-bond acceptors (Lipinski definition) is 0. The quantitative estimate of drug-likeness (QED) is 0.398. The Labute approximate surface area is 192 Å². The Kier molecular flexibility index (Phi) is 11.3. The first-order chi connectivity index (χ1) is 14.5. The van der Waals surface area contributed by atoms with Gasteiger partial charge in [-0.05, 0) is 78.8 Å². The molecule has 0 N–H and O–H groups in total. The minimum Gasteiger partial charge on any atom is -0.0620 e. The number of benzene rings is 3. The molecule has 0 radical (unpaired) electrons. The van der Waals surface area contributed by atoms with E-state index in [2.05, 4.69) is 136 Å². The van der Waals surface area contributed by atoms with E-state index in [4.69, 9.17) is 0 Å². The summed E-state index contributed by atoms with van der Waals surface area (Å²) < 4.78 is 0. The normalized spacial score (nSPS) is 10.5. The van der Waals surface area contributed by atoms with Gasteiger partial charge in [0.2, 0.25) is 0 Å². The predicted octanol–water partition coefficient (Wildman–Crippen LogP) is 9.66. The highest BCUT2D eigenvalue weighted by Crippen LogP contribution is 2.18. The van der Waals surface area contributed by atoms with Gasteiger partial charge in [-0.25, -0.2) is 0 Å². The SMILES string of the molecule is Cc1ccc(C(C)C)cc1C.Cc1cccc(C(C)C)c1.Cc1ccccc1C(C)C. The van der Waals surface area contributed by atoms with Crippen molar-refractivity contribution in [3.63, 3.8) is 0 Å². The molecule has 0 aliphatic heterocycles. The largest absolute Gasteiger partial charge is 0.0620 e. The second kappa shape index (κ2) is 13.2. The molecule has 3 aromatic rings. The first kappa shape index (κ1) is 26.7. The molecule has 0 heteroatoms. The van der Waals surface area contributed by atoms with Gasteiger partial charge in [-0.3, -0.25) is 0 Å². The predicted molar refractivity (Wildman–Crippen MR) is 141 cm³/mol. The van der Waals surface area contributed by atoms with Crippen molar-refractivity contribution in [2.75, 3.05) is 0 Å². The molecule has 31 heavy (non-hydrogen) atoms. The average Bonchev–Trinajstić information content (AvgIpc) is 2.71. The third-order valence-electron chi connectivity index (χ3n) is 5.72. The zero-order chi connectivity index (χ0) is 23.6. The molecular formula is C31H44. The fourth-order valence-electron chi connectivity index (χ4n) is 3.39. The van der Waals surface area contributed by atoms with E-state index in [1.807, 2.05) is 0 Å². The average molecular weight is 417 g/mol. The van der Waals surface area contributed by atoms with Gasteiger partial charge in [-0.2, -0.15) is 0 Å². The van der Waals surface area contributed by atoms with E-state index in [9.17, 15) is 0 Å². The van der Waals surface area contributed by atoms with Crippen molar-refractivity contribution in [3.8, 4) is 0 Å². The summed E-state index contributed by atoms with van der Waals surface area (Å²) in [6.45, 7) is 21.9. The van der Waals surface area contributed by atoms with E-state index in [1.54, 1.807) is 0 Å². The van der Waals surface area contributed by atoms with Crippen LogP contribution in [-0.2, 0) is 0 Å². The van der Waals surface area contributed by atoms with Gasteiger partial charge in [0.25, 0.3) is 0 Å². The van der Waals surface area contributed by atoms with Crippen molar-refractivity contribution < 1.29 is 0 Å². The lowest BCUT2D eigenvalue weighted by Gasteiger charge is -2.07. The third kappa shape index (κ3) is 9.55. The van der Waals surface area contributed by atoms with Crippen molar-refractivity contribution >= 4 is 0 Å². The topological polar surface area (TPSA) is 0 Å². The van der Waals surface area contributed by atoms with Crippen molar-refractivity contribution in [2.45, 2.75) is 87.0 Å². The third-order valence-corrected chi connectivity index (χ3v) is 5.72. The Morgan fingerprint density at radius 2 is 1.03 bits per heavy atom. The van der Waals surface area contributed by atoms with Crippen molar-refractivity contribution in [2.24, 2.45) is 0 Å². The fraction of sp³-hybridized carbons (Fsp3) is 0.419. The van der Waals surface area contributed by atoms with Crippen molar-refractivity contribution in [3.05, 3.63) is 106 Å². The Morgan fingerprint density at radius 1 is 0.452 bits per heavy atom. The molecule has 0 bridgehead atoms. The molecule has 168 valence electrons. The van der Waals surface area contributed by atoms with Gasteiger partial charge in [-0.15, -0.1) is 0 Å². The second-order valence-corrected chi connectivity index (χ2v) is 9.58. The Bertz CT molecular complexity index is 913. The highest BCUT2D eigenvalue weighted by atomic mass is 14.1. The van der Waals surface area contributed by atoms with Crippen molar-refractivity contribution in [1.82, 2.24) is 0 Å². The molecule has 0 aliphatic carbocycles. The van der Waals surface area contributed by atoms with Gasteiger partial charge in [0.1, 0.15) is 0 Å². The first-order valence-corrected chi connectivity index (χ1v) is 11.7. The van der Waals surface area contributed by atoms with Gasteiger partial charge in [0.05, 0.1) is 0 Å². The molecule has 0 aliphatic rings. The first-order valence-electron chi connectivity index (χ1n) is 11.7. The molecule has 0 fully saturated rings. The summed E-state index contributed by atoms with van der Waals surface area (Å²) in [6, 6.07) is 23.9. The molecule has 0 saturated heterocycles. The number of aryl methyl sites for hydroxylation is 4. The van der Waals surface area contributed by atoms with E-state index in [-0.39, 0.29) is 0 Å². The molecule has 0 nitrogen and oxygen atoms in total. The smallest absolute Gasteiger partial charge is 0.0216 e. The molecule has 0 aromatic heterocycles. The second-order valence-electron chi connectivity index (χ2n) is 9.58. The van der Waals surface area contributed by atoms with Gasteiger partial charge in [0.15, 0.2) is 0 Å². The monoisotopic (exact) mass is 416 g/mol. The van der Waals surface area contributed by atoms with E-state index in [1.165, 1.54) is 38.9 Å². The molecular weight excluding hydrogens is 372 g/mol. The molecule has 0 unspecified atom stereocenters. The Morgan fingerprint density at radius 3 is 1.45 bits per heavy atom. The van der Waals surface area contributed by atoms with Gasteiger partial charge in [-0.1, -0.05) is 114 Å². The molecule has 3 rings (SSSR count). The summed E-state index contributed by atoms with van der Waals surface area (Å²) in [5.41, 5.74) is 9.87. The lowest BCUT2D eigenvalue weighted by atomic mass is 9.99. The molecule has 0 spiro atoms. The highest BCUT2D eigenvalue weighted by molar-refractivity contribution is 5.31. The Balaban J connectivity index is 0.000000233. The van der Waals surface area contributed by atoms with Crippen LogP contribution < -0.4 is 0 Å². The summed E-state index contributed by atoms with van der Waals surface area (Å²) in [5.74, 6) is 1.95. The lowest BCUT2D eigenvalue weighted by molar-refractivity contribution is 0.856. The van der Waals surface area contributed by atoms with Crippen LogP contribution in [0.1, 0.15) is 98.2 Å². The van der Waals surface area contributed by atoms with Crippen LogP contribution in [0.25, 0.3) is 0 Å². The van der Waals surface area contributed by atoms with Crippen LogP contribution in [0.15, 0.2) is 66.7 Å². The summed E-state index contributed by atoms with van der Waals surface area (Å²) in [7, 11) is 0. The van der Waals surface area contributed by atoms with Gasteiger partial charge >= 0.3 is 0 Å². The minimum absolute atomic E-state index is 0.647. The van der Waals surface area contributed by atoms with Gasteiger partial charge in [0, 0.05) is 0 Å². The number of rotatable bonds is 3. The minimum atomic E-state index is 0.647. The molecule has 0 saturated carbocycles.